The third-order valence-corrected chi connectivity index (χ3v) is 4.37. The van der Waals surface area contributed by atoms with Crippen molar-refractivity contribution in [3.05, 3.63) is 0 Å². The molecule has 0 amide bonds. The molecule has 9 heteroatoms. The molecule has 2 aliphatic heterocycles. The fourth-order valence-electron chi connectivity index (χ4n) is 2.02. The second-order valence-corrected chi connectivity index (χ2v) is 5.76. The topological polar surface area (TPSA) is 85.5 Å². The Kier molecular flexibility index (Phi) is 4.31. The van der Waals surface area contributed by atoms with E-state index in [4.69, 9.17) is 4.74 Å². The zero-order valence-electron chi connectivity index (χ0n) is 10.3. The molecule has 5 unspecified atom stereocenters. The van der Waals surface area contributed by atoms with Gasteiger partial charge in [-0.25, -0.2) is 8.78 Å². The van der Waals surface area contributed by atoms with E-state index in [-0.39, 0.29) is 0 Å². The summed E-state index contributed by atoms with van der Waals surface area (Å²) in [4.78, 5) is 5.88. The standard InChI is InChI=1S/C10H16F2N2O4S/c1-14(2)10-13-3-4(15)5(16)7(6(17)8(11)12)18-9(3)19-10/h3-9,15-17H,1-2H3/t3?,4?,5?,6-,7?,9?/m0/s1. The quantitative estimate of drug-likeness (QED) is 0.612. The van der Waals surface area contributed by atoms with E-state index in [0.717, 1.165) is 0 Å². The van der Waals surface area contributed by atoms with Gasteiger partial charge < -0.3 is 25.0 Å². The third kappa shape index (κ3) is 2.70. The van der Waals surface area contributed by atoms with Crippen LogP contribution in [-0.4, -0.2) is 81.8 Å². The number of hydrogen-bond donors (Lipinski definition) is 3. The predicted molar refractivity (Wildman–Crippen MR) is 65.2 cm³/mol. The summed E-state index contributed by atoms with van der Waals surface area (Å²) in [6.07, 6.45) is -9.67. The number of hydrogen-bond acceptors (Lipinski definition) is 7. The number of aliphatic hydroxyl groups is 3. The average Bonchev–Trinajstić information content (AvgIpc) is 2.77. The Hall–Kier alpha value is -0.480. The number of aliphatic imine (C=N–C) groups is 1. The molecule has 0 radical (unpaired) electrons. The van der Waals surface area contributed by atoms with Crippen molar-refractivity contribution in [2.45, 2.75) is 42.3 Å². The number of fused-ring (bicyclic) bond motifs is 1. The summed E-state index contributed by atoms with van der Waals surface area (Å²) < 4.78 is 30.3. The van der Waals surface area contributed by atoms with Crippen molar-refractivity contribution < 1.29 is 28.8 Å². The van der Waals surface area contributed by atoms with Gasteiger partial charge >= 0.3 is 0 Å². The monoisotopic (exact) mass is 298 g/mol. The van der Waals surface area contributed by atoms with Crippen molar-refractivity contribution in [3.8, 4) is 0 Å². The maximum absolute atomic E-state index is 12.5. The van der Waals surface area contributed by atoms with Crippen LogP contribution in [0.5, 0.6) is 0 Å². The molecule has 0 aromatic carbocycles. The fraction of sp³-hybridized carbons (Fsp3) is 0.900. The first-order valence-corrected chi connectivity index (χ1v) is 6.60. The number of halogens is 2. The van der Waals surface area contributed by atoms with Crippen LogP contribution < -0.4 is 0 Å². The van der Waals surface area contributed by atoms with Crippen molar-refractivity contribution >= 4 is 16.9 Å². The van der Waals surface area contributed by atoms with Crippen LogP contribution in [0.3, 0.4) is 0 Å². The second-order valence-electron chi connectivity index (χ2n) is 4.69. The van der Waals surface area contributed by atoms with Crippen LogP contribution in [0.1, 0.15) is 0 Å². The molecule has 2 heterocycles. The van der Waals surface area contributed by atoms with Crippen LogP contribution in [0.15, 0.2) is 4.99 Å². The van der Waals surface area contributed by atoms with E-state index < -0.39 is 42.3 Å². The highest BCUT2D eigenvalue weighted by atomic mass is 32.2. The first kappa shape index (κ1) is 14.9. The minimum absolute atomic E-state index is 0.577. The largest absolute Gasteiger partial charge is 0.388 e. The summed E-state index contributed by atoms with van der Waals surface area (Å²) >= 11 is 1.17. The molecule has 0 spiro atoms. The molecule has 1 fully saturated rings. The van der Waals surface area contributed by atoms with Crippen LogP contribution in [0, 0.1) is 0 Å². The zero-order valence-corrected chi connectivity index (χ0v) is 11.2. The van der Waals surface area contributed by atoms with Crippen LogP contribution in [0.4, 0.5) is 8.78 Å². The summed E-state index contributed by atoms with van der Waals surface area (Å²) in [7, 11) is 3.49. The molecule has 0 saturated carbocycles. The van der Waals surface area contributed by atoms with Crippen molar-refractivity contribution in [2.75, 3.05) is 14.1 Å². The number of thioether (sulfide) groups is 1. The zero-order chi connectivity index (χ0) is 14.3. The van der Waals surface area contributed by atoms with Crippen LogP contribution in [-0.2, 0) is 4.74 Å². The van der Waals surface area contributed by atoms with Crippen molar-refractivity contribution in [1.82, 2.24) is 4.90 Å². The molecule has 1 saturated heterocycles. The second kappa shape index (κ2) is 5.49. The Balaban J connectivity index is 2.14. The van der Waals surface area contributed by atoms with E-state index >= 15 is 0 Å². The van der Waals surface area contributed by atoms with Gasteiger partial charge in [-0.2, -0.15) is 0 Å². The van der Waals surface area contributed by atoms with E-state index in [1.54, 1.807) is 19.0 Å². The average molecular weight is 298 g/mol. The van der Waals surface area contributed by atoms with Crippen molar-refractivity contribution in [3.63, 3.8) is 0 Å². The number of rotatable bonds is 2. The first-order valence-electron chi connectivity index (χ1n) is 5.72. The molecule has 3 N–H and O–H groups in total. The molecular weight excluding hydrogens is 282 g/mol. The van der Waals surface area contributed by atoms with Crippen LogP contribution in [0.2, 0.25) is 0 Å². The molecule has 2 aliphatic rings. The Bertz CT molecular complexity index is 371. The van der Waals surface area contributed by atoms with Crippen LogP contribution in [0.25, 0.3) is 0 Å². The predicted octanol–water partition coefficient (Wildman–Crippen LogP) is -0.908. The normalized spacial score (nSPS) is 40.0. The van der Waals surface area contributed by atoms with Gasteiger partial charge in [0.1, 0.15) is 35.9 Å². The van der Waals surface area contributed by atoms with Gasteiger partial charge in [0.15, 0.2) is 5.17 Å². The summed E-state index contributed by atoms with van der Waals surface area (Å²) in [5.41, 5.74) is -0.686. The maximum Gasteiger partial charge on any atom is 0.266 e. The van der Waals surface area contributed by atoms with E-state index in [1.165, 1.54) is 11.8 Å². The SMILES string of the molecule is CN(C)C1=NC2C(OC([C@H](O)C(F)F)C(O)C2O)S1. The lowest BCUT2D eigenvalue weighted by atomic mass is 9.95. The lowest BCUT2D eigenvalue weighted by Crippen LogP contribution is -2.59. The fourth-order valence-corrected chi connectivity index (χ4v) is 3.16. The summed E-state index contributed by atoms with van der Waals surface area (Å²) in [6.45, 7) is 0. The third-order valence-electron chi connectivity index (χ3n) is 3.06. The number of alkyl halides is 2. The maximum atomic E-state index is 12.5. The van der Waals surface area contributed by atoms with Crippen molar-refractivity contribution in [2.24, 2.45) is 4.99 Å². The molecular formula is C10H16F2N2O4S. The summed E-state index contributed by atoms with van der Waals surface area (Å²) in [5, 5.41) is 29.6. The number of amidine groups is 1. The van der Waals surface area contributed by atoms with Gasteiger partial charge in [-0.3, -0.25) is 4.99 Å². The lowest BCUT2D eigenvalue weighted by Gasteiger charge is -2.39. The van der Waals surface area contributed by atoms with Gasteiger partial charge in [-0.1, -0.05) is 11.8 Å². The molecule has 110 valence electrons. The van der Waals surface area contributed by atoms with Gasteiger partial charge in [-0.05, 0) is 0 Å². The Labute approximate surface area is 113 Å². The summed E-state index contributed by atoms with van der Waals surface area (Å²) in [6, 6.07) is -0.724. The Morgan fingerprint density at radius 3 is 2.47 bits per heavy atom. The molecule has 0 aliphatic carbocycles. The molecule has 6 atom stereocenters. The van der Waals surface area contributed by atoms with E-state index in [1.807, 2.05) is 0 Å². The molecule has 0 aromatic rings. The smallest absolute Gasteiger partial charge is 0.266 e. The molecule has 0 aromatic heterocycles. The van der Waals surface area contributed by atoms with E-state index in [2.05, 4.69) is 4.99 Å². The number of nitrogens with zero attached hydrogens (tertiary/aromatic N) is 2. The van der Waals surface area contributed by atoms with Gasteiger partial charge in [0.25, 0.3) is 6.43 Å². The van der Waals surface area contributed by atoms with Crippen LogP contribution >= 0.6 is 11.8 Å². The number of ether oxygens (including phenoxy) is 1. The van der Waals surface area contributed by atoms with E-state index in [0.29, 0.717) is 5.17 Å². The Morgan fingerprint density at radius 2 is 1.95 bits per heavy atom. The van der Waals surface area contributed by atoms with Gasteiger partial charge in [0.2, 0.25) is 0 Å². The molecule has 0 bridgehead atoms. The first-order chi connectivity index (χ1) is 8.82. The lowest BCUT2D eigenvalue weighted by molar-refractivity contribution is -0.205. The highest BCUT2D eigenvalue weighted by molar-refractivity contribution is 8.14. The highest BCUT2D eigenvalue weighted by Crippen LogP contribution is 2.38. The Morgan fingerprint density at radius 1 is 1.32 bits per heavy atom. The number of aliphatic hydroxyl groups excluding tert-OH is 3. The minimum atomic E-state index is -3.05. The van der Waals surface area contributed by atoms with Gasteiger partial charge in [-0.15, -0.1) is 0 Å². The van der Waals surface area contributed by atoms with Gasteiger partial charge in [0.05, 0.1) is 0 Å². The highest BCUT2D eigenvalue weighted by Gasteiger charge is 2.51. The van der Waals surface area contributed by atoms with Gasteiger partial charge in [0, 0.05) is 14.1 Å². The molecule has 19 heavy (non-hydrogen) atoms. The van der Waals surface area contributed by atoms with E-state index in [9.17, 15) is 24.1 Å². The molecule has 2 rings (SSSR count). The summed E-state index contributed by atoms with van der Waals surface area (Å²) in [5.74, 6) is 0. The molecule has 6 nitrogen and oxygen atoms in total. The minimum Gasteiger partial charge on any atom is -0.388 e. The van der Waals surface area contributed by atoms with Crippen molar-refractivity contribution in [1.29, 1.82) is 0 Å².